The van der Waals surface area contributed by atoms with Crippen molar-refractivity contribution < 1.29 is 37.9 Å². The molecule has 2 N–H and O–H groups in total. The molecule has 0 fully saturated rings. The summed E-state index contributed by atoms with van der Waals surface area (Å²) in [5, 5.41) is 0. The fraction of sp³-hybridized carbons (Fsp3) is 0.895. The van der Waals surface area contributed by atoms with Crippen LogP contribution in [0.1, 0.15) is 200 Å². The summed E-state index contributed by atoms with van der Waals surface area (Å²) < 4.78 is 26.3. The molecule has 0 spiro atoms. The van der Waals surface area contributed by atoms with Crippen LogP contribution in [0.15, 0.2) is 12.2 Å². The van der Waals surface area contributed by atoms with E-state index in [-0.39, 0.29) is 19.4 Å². The lowest BCUT2D eigenvalue weighted by atomic mass is 10.0. The van der Waals surface area contributed by atoms with Crippen LogP contribution in [0.3, 0.4) is 0 Å². The first-order valence-electron chi connectivity index (χ1n) is 19.5. The van der Waals surface area contributed by atoms with Gasteiger partial charge in [-0.1, -0.05) is 161 Å². The first kappa shape index (κ1) is 45.8. The molecular formula is C38H73O8P. The van der Waals surface area contributed by atoms with Gasteiger partial charge in [0.05, 0.1) is 6.61 Å². The van der Waals surface area contributed by atoms with Crippen molar-refractivity contribution in [3.8, 4) is 0 Å². The van der Waals surface area contributed by atoms with Gasteiger partial charge in [0, 0.05) is 12.8 Å². The molecule has 0 amide bonds. The van der Waals surface area contributed by atoms with E-state index in [1.54, 1.807) is 0 Å². The third-order valence-corrected chi connectivity index (χ3v) is 9.02. The number of ether oxygens (including phenoxy) is 2. The van der Waals surface area contributed by atoms with E-state index in [4.69, 9.17) is 19.3 Å². The number of esters is 2. The fourth-order valence-corrected chi connectivity index (χ4v) is 5.96. The molecule has 278 valence electrons. The van der Waals surface area contributed by atoms with Crippen molar-refractivity contribution in [2.24, 2.45) is 0 Å². The Morgan fingerprint density at radius 1 is 0.532 bits per heavy atom. The Morgan fingerprint density at radius 3 is 1.30 bits per heavy atom. The Morgan fingerprint density at radius 2 is 0.894 bits per heavy atom. The van der Waals surface area contributed by atoms with E-state index in [0.29, 0.717) is 6.42 Å². The summed E-state index contributed by atoms with van der Waals surface area (Å²) in [4.78, 5) is 42.7. The van der Waals surface area contributed by atoms with Gasteiger partial charge >= 0.3 is 19.8 Å². The summed E-state index contributed by atoms with van der Waals surface area (Å²) in [7, 11) is -4.75. The quantitative estimate of drug-likeness (QED) is 0.0289. The van der Waals surface area contributed by atoms with Gasteiger partial charge in [0.1, 0.15) is 6.61 Å². The Hall–Kier alpha value is -1.21. The third kappa shape index (κ3) is 37.5. The minimum Gasteiger partial charge on any atom is -0.462 e. The van der Waals surface area contributed by atoms with E-state index >= 15 is 0 Å². The van der Waals surface area contributed by atoms with Crippen molar-refractivity contribution in [1.82, 2.24) is 0 Å². The third-order valence-electron chi connectivity index (χ3n) is 8.53. The molecule has 0 aliphatic rings. The van der Waals surface area contributed by atoms with E-state index in [9.17, 15) is 14.2 Å². The van der Waals surface area contributed by atoms with Crippen LogP contribution in [0.2, 0.25) is 0 Å². The lowest BCUT2D eigenvalue weighted by molar-refractivity contribution is -0.161. The first-order valence-corrected chi connectivity index (χ1v) is 21.0. The van der Waals surface area contributed by atoms with Crippen molar-refractivity contribution >= 4 is 19.8 Å². The van der Waals surface area contributed by atoms with Gasteiger partial charge in [-0.25, -0.2) is 4.57 Å². The predicted molar refractivity (Wildman–Crippen MR) is 193 cm³/mol. The number of allylic oxidation sites excluding steroid dienone is 2. The van der Waals surface area contributed by atoms with Gasteiger partial charge in [-0.2, -0.15) is 0 Å². The molecule has 0 bridgehead atoms. The van der Waals surface area contributed by atoms with Gasteiger partial charge in [-0.3, -0.25) is 14.1 Å². The topological polar surface area (TPSA) is 119 Å². The molecule has 47 heavy (non-hydrogen) atoms. The zero-order valence-electron chi connectivity index (χ0n) is 30.4. The molecule has 0 unspecified atom stereocenters. The average Bonchev–Trinajstić information content (AvgIpc) is 3.03. The summed E-state index contributed by atoms with van der Waals surface area (Å²) in [6, 6.07) is 0. The van der Waals surface area contributed by atoms with Gasteiger partial charge in [0.2, 0.25) is 0 Å². The molecule has 0 radical (unpaired) electrons. The normalized spacial score (nSPS) is 12.5. The highest BCUT2D eigenvalue weighted by Gasteiger charge is 2.22. The Labute approximate surface area is 288 Å². The number of unbranched alkanes of at least 4 members (excludes halogenated alkanes) is 24. The molecular weight excluding hydrogens is 615 g/mol. The lowest BCUT2D eigenvalue weighted by Crippen LogP contribution is -2.29. The van der Waals surface area contributed by atoms with Gasteiger partial charge in [0.25, 0.3) is 0 Å². The number of rotatable bonds is 36. The second-order valence-electron chi connectivity index (χ2n) is 13.3. The molecule has 8 nitrogen and oxygen atoms in total. The largest absolute Gasteiger partial charge is 0.469 e. The minimum atomic E-state index is -4.75. The smallest absolute Gasteiger partial charge is 0.462 e. The molecule has 9 heteroatoms. The predicted octanol–water partition coefficient (Wildman–Crippen LogP) is 11.5. The summed E-state index contributed by atoms with van der Waals surface area (Å²) in [6.07, 6.45) is 36.4. The van der Waals surface area contributed by atoms with Gasteiger partial charge in [-0.05, 0) is 38.5 Å². The molecule has 0 aromatic carbocycles. The van der Waals surface area contributed by atoms with Crippen molar-refractivity contribution in [3.05, 3.63) is 12.2 Å². The Kier molecular flexibility index (Phi) is 33.8. The summed E-state index contributed by atoms with van der Waals surface area (Å²) in [6.45, 7) is 3.68. The van der Waals surface area contributed by atoms with E-state index in [1.165, 1.54) is 116 Å². The molecule has 0 aliphatic heterocycles. The summed E-state index contributed by atoms with van der Waals surface area (Å²) >= 11 is 0. The van der Waals surface area contributed by atoms with Crippen LogP contribution in [0.5, 0.6) is 0 Å². The van der Waals surface area contributed by atoms with Crippen LogP contribution in [0.4, 0.5) is 0 Å². The maximum Gasteiger partial charge on any atom is 0.469 e. The second kappa shape index (κ2) is 34.6. The number of hydrogen-bond acceptors (Lipinski definition) is 6. The number of phosphoric ester groups is 1. The van der Waals surface area contributed by atoms with E-state index in [2.05, 4.69) is 30.5 Å². The molecule has 1 atom stereocenters. The highest BCUT2D eigenvalue weighted by molar-refractivity contribution is 7.46. The zero-order chi connectivity index (χ0) is 34.7. The molecule has 0 heterocycles. The van der Waals surface area contributed by atoms with Crippen LogP contribution in [-0.2, 0) is 28.2 Å². The highest BCUT2D eigenvalue weighted by Crippen LogP contribution is 2.36. The second-order valence-corrected chi connectivity index (χ2v) is 14.5. The number of carbonyl (C=O) groups is 2. The van der Waals surface area contributed by atoms with E-state index < -0.39 is 32.5 Å². The van der Waals surface area contributed by atoms with Gasteiger partial charge in [-0.15, -0.1) is 0 Å². The maximum atomic E-state index is 12.4. The number of phosphoric acid groups is 1. The fourth-order valence-electron chi connectivity index (χ4n) is 5.60. The molecule has 0 rings (SSSR count). The average molecular weight is 689 g/mol. The molecule has 0 aliphatic carbocycles. The van der Waals surface area contributed by atoms with Gasteiger partial charge < -0.3 is 19.3 Å². The van der Waals surface area contributed by atoms with Crippen LogP contribution < -0.4 is 0 Å². The van der Waals surface area contributed by atoms with Crippen molar-refractivity contribution in [1.29, 1.82) is 0 Å². The standard InChI is InChI=1S/C38H73O8P/c1-3-5-7-9-11-13-15-17-19-21-23-25-27-29-31-33-38(40)46-36(35-45-47(41,42)43)34-44-37(39)32-30-28-26-24-22-20-18-16-14-12-10-8-6-4-2/h17,19,36H,3-16,18,20-35H2,1-2H3,(H2,41,42,43)/b19-17+/t36-/m1/s1. The van der Waals surface area contributed by atoms with E-state index in [1.807, 2.05) is 0 Å². The van der Waals surface area contributed by atoms with Gasteiger partial charge in [0.15, 0.2) is 6.10 Å². The lowest BCUT2D eigenvalue weighted by Gasteiger charge is -2.18. The Bertz CT molecular complexity index is 782. The highest BCUT2D eigenvalue weighted by atomic mass is 31.2. The monoisotopic (exact) mass is 689 g/mol. The molecule has 0 saturated carbocycles. The van der Waals surface area contributed by atoms with E-state index in [0.717, 1.165) is 51.4 Å². The van der Waals surface area contributed by atoms with Crippen LogP contribution >= 0.6 is 7.82 Å². The van der Waals surface area contributed by atoms with Crippen molar-refractivity contribution in [3.63, 3.8) is 0 Å². The summed E-state index contributed by atoms with van der Waals surface area (Å²) in [5.41, 5.74) is 0. The van der Waals surface area contributed by atoms with Crippen molar-refractivity contribution in [2.45, 2.75) is 206 Å². The van der Waals surface area contributed by atoms with Crippen molar-refractivity contribution in [2.75, 3.05) is 13.2 Å². The molecule has 0 saturated heterocycles. The molecule has 0 aromatic rings. The number of hydrogen-bond donors (Lipinski definition) is 2. The number of carbonyl (C=O) groups excluding carboxylic acids is 2. The summed E-state index contributed by atoms with van der Waals surface area (Å²) in [5.74, 6) is -0.886. The molecule has 0 aromatic heterocycles. The van der Waals surface area contributed by atoms with Crippen LogP contribution in [0.25, 0.3) is 0 Å². The maximum absolute atomic E-state index is 12.4. The zero-order valence-corrected chi connectivity index (χ0v) is 31.3. The first-order chi connectivity index (χ1) is 22.8. The minimum absolute atomic E-state index is 0.206. The van der Waals surface area contributed by atoms with Crippen LogP contribution in [0, 0.1) is 0 Å². The van der Waals surface area contributed by atoms with Crippen LogP contribution in [-0.4, -0.2) is 41.0 Å². The SMILES string of the molecule is CCCCCCCC/C=C/CCCCCCCC(=O)O[C@H](COC(=O)CCCCCCCCCCCCCCCC)COP(=O)(O)O. The Balaban J connectivity index is 3.94.